The number of carbonyl (C=O) groups excluding carboxylic acids is 2. The van der Waals surface area contributed by atoms with Gasteiger partial charge in [0.2, 0.25) is 0 Å². The van der Waals surface area contributed by atoms with Crippen LogP contribution in [-0.2, 0) is 16.0 Å². The first-order valence-corrected chi connectivity index (χ1v) is 13.5. The molecule has 1 aliphatic rings. The van der Waals surface area contributed by atoms with Gasteiger partial charge >= 0.3 is 11.9 Å². The average molecular weight is 567 g/mol. The third-order valence-corrected chi connectivity index (χ3v) is 7.20. The molecule has 4 N–H and O–H groups in total. The van der Waals surface area contributed by atoms with Crippen molar-refractivity contribution in [1.82, 2.24) is 0 Å². The van der Waals surface area contributed by atoms with Gasteiger partial charge in [-0.3, -0.25) is 9.59 Å². The summed E-state index contributed by atoms with van der Waals surface area (Å²) in [5.41, 5.74) is 2.38. The number of ether oxygens (including phenoxy) is 2. The predicted octanol–water partition coefficient (Wildman–Crippen LogP) is 6.64. The maximum atomic E-state index is 13.2. The Labute approximate surface area is 242 Å². The second-order valence-corrected chi connectivity index (χ2v) is 10.3. The lowest BCUT2D eigenvalue weighted by Gasteiger charge is -2.22. The van der Waals surface area contributed by atoms with E-state index in [1.807, 2.05) is 43.3 Å². The highest BCUT2D eigenvalue weighted by molar-refractivity contribution is 5.96. The molecule has 1 aliphatic carbocycles. The number of benzene rings is 4. The summed E-state index contributed by atoms with van der Waals surface area (Å²) in [6.07, 6.45) is 3.30. The Balaban J connectivity index is 1.63. The van der Waals surface area contributed by atoms with Crippen molar-refractivity contribution in [2.45, 2.75) is 32.6 Å². The summed E-state index contributed by atoms with van der Waals surface area (Å²) in [5.74, 6) is -3.54. The van der Waals surface area contributed by atoms with Crippen LogP contribution in [0.3, 0.4) is 0 Å². The second kappa shape index (κ2) is 12.1. The molecule has 0 saturated heterocycles. The van der Waals surface area contributed by atoms with E-state index in [-0.39, 0.29) is 40.5 Å². The standard InChI is InChI=1S/C34H30O8/c1-20-7-9-24(19-20)34(40)42-33-29(23-12-16-26(36)17-13-23)30(38)32(28(31(33)39)22-10-14-25(35)15-11-22)41-27(37)18-8-21-5-3-2-4-6-21/h2-7,10-17,24,35-36,38-39H,8-9,18-19H2,1H3. The lowest BCUT2D eigenvalue weighted by Crippen LogP contribution is -2.19. The third kappa shape index (κ3) is 6.07. The molecule has 4 aromatic rings. The Morgan fingerprint density at radius 2 is 1.26 bits per heavy atom. The van der Waals surface area contributed by atoms with E-state index in [1.165, 1.54) is 48.5 Å². The molecule has 0 aliphatic heterocycles. The maximum Gasteiger partial charge on any atom is 0.315 e. The van der Waals surface area contributed by atoms with E-state index in [0.717, 1.165) is 11.1 Å². The van der Waals surface area contributed by atoms with E-state index in [1.54, 1.807) is 0 Å². The Morgan fingerprint density at radius 1 is 0.738 bits per heavy atom. The Hall–Kier alpha value is -5.24. The highest BCUT2D eigenvalue weighted by atomic mass is 16.6. The van der Waals surface area contributed by atoms with E-state index < -0.39 is 29.4 Å². The molecule has 0 aromatic heterocycles. The number of allylic oxidation sites excluding steroid dienone is 2. The number of phenolic OH excluding ortho intramolecular Hbond substituents is 4. The van der Waals surface area contributed by atoms with Crippen molar-refractivity contribution in [1.29, 1.82) is 0 Å². The summed E-state index contributed by atoms with van der Waals surface area (Å²) in [5, 5.41) is 43.1. The summed E-state index contributed by atoms with van der Waals surface area (Å²) >= 11 is 0. The van der Waals surface area contributed by atoms with Crippen molar-refractivity contribution in [3.05, 3.63) is 96.1 Å². The van der Waals surface area contributed by atoms with Gasteiger partial charge in [0.1, 0.15) is 11.5 Å². The van der Waals surface area contributed by atoms with Crippen molar-refractivity contribution >= 4 is 11.9 Å². The molecule has 214 valence electrons. The molecule has 42 heavy (non-hydrogen) atoms. The van der Waals surface area contributed by atoms with Crippen molar-refractivity contribution < 1.29 is 39.5 Å². The molecule has 1 atom stereocenters. The number of aryl methyl sites for hydroxylation is 1. The van der Waals surface area contributed by atoms with Crippen LogP contribution in [0.25, 0.3) is 22.3 Å². The Morgan fingerprint density at radius 3 is 1.76 bits per heavy atom. The minimum atomic E-state index is -0.664. The molecule has 0 fully saturated rings. The van der Waals surface area contributed by atoms with E-state index in [2.05, 4.69) is 0 Å². The van der Waals surface area contributed by atoms with Gasteiger partial charge in [0.05, 0.1) is 17.0 Å². The van der Waals surface area contributed by atoms with Gasteiger partial charge in [0.15, 0.2) is 23.0 Å². The van der Waals surface area contributed by atoms with E-state index in [9.17, 15) is 30.0 Å². The van der Waals surface area contributed by atoms with Gasteiger partial charge in [-0.2, -0.15) is 0 Å². The quantitative estimate of drug-likeness (QED) is 0.0807. The fourth-order valence-electron chi connectivity index (χ4n) is 4.99. The van der Waals surface area contributed by atoms with Crippen molar-refractivity contribution in [3.63, 3.8) is 0 Å². The van der Waals surface area contributed by atoms with Gasteiger partial charge in [0.25, 0.3) is 0 Å². The summed E-state index contributed by atoms with van der Waals surface area (Å²) in [6, 6.07) is 20.8. The van der Waals surface area contributed by atoms with E-state index in [4.69, 9.17) is 9.47 Å². The molecule has 0 amide bonds. The monoisotopic (exact) mass is 566 g/mol. The molecule has 0 heterocycles. The summed E-state index contributed by atoms with van der Waals surface area (Å²) in [7, 11) is 0. The van der Waals surface area contributed by atoms with Crippen LogP contribution < -0.4 is 9.47 Å². The third-order valence-electron chi connectivity index (χ3n) is 7.20. The van der Waals surface area contributed by atoms with E-state index in [0.29, 0.717) is 30.4 Å². The van der Waals surface area contributed by atoms with Crippen LogP contribution in [0.2, 0.25) is 0 Å². The first kappa shape index (κ1) is 28.3. The number of hydrogen-bond acceptors (Lipinski definition) is 8. The van der Waals surface area contributed by atoms with Crippen LogP contribution in [0, 0.1) is 5.92 Å². The number of hydrogen-bond donors (Lipinski definition) is 4. The lowest BCUT2D eigenvalue weighted by atomic mass is 9.95. The molecule has 1 unspecified atom stereocenters. The second-order valence-electron chi connectivity index (χ2n) is 10.3. The van der Waals surface area contributed by atoms with Gasteiger partial charge in [-0.25, -0.2) is 0 Å². The number of esters is 2. The molecule has 4 aromatic carbocycles. The first-order valence-electron chi connectivity index (χ1n) is 13.5. The van der Waals surface area contributed by atoms with Crippen molar-refractivity contribution in [3.8, 4) is 56.8 Å². The first-order chi connectivity index (χ1) is 20.2. The fraction of sp³-hybridized carbons (Fsp3) is 0.176. The Bertz CT molecular complexity index is 1640. The number of carbonyl (C=O) groups is 2. The topological polar surface area (TPSA) is 134 Å². The lowest BCUT2D eigenvalue weighted by molar-refractivity contribution is -0.138. The minimum absolute atomic E-state index is 0.0153. The minimum Gasteiger partial charge on any atom is -0.508 e. The zero-order valence-corrected chi connectivity index (χ0v) is 22.9. The molecule has 0 radical (unpaired) electrons. The van der Waals surface area contributed by atoms with Gasteiger partial charge < -0.3 is 29.9 Å². The maximum absolute atomic E-state index is 13.2. The largest absolute Gasteiger partial charge is 0.508 e. The SMILES string of the molecule is CC1=CCC(C(=O)Oc2c(O)c(-c3ccc(O)cc3)c(OC(=O)CCc3ccccc3)c(O)c2-c2ccc(O)cc2)C1. The summed E-state index contributed by atoms with van der Waals surface area (Å²) < 4.78 is 11.5. The number of phenols is 4. The normalized spacial score (nSPS) is 14.3. The van der Waals surface area contributed by atoms with Gasteiger partial charge in [0, 0.05) is 6.42 Å². The summed E-state index contributed by atoms with van der Waals surface area (Å²) in [6.45, 7) is 1.92. The molecule has 0 spiro atoms. The molecular formula is C34H30O8. The molecular weight excluding hydrogens is 536 g/mol. The molecule has 0 saturated carbocycles. The van der Waals surface area contributed by atoms with Crippen LogP contribution in [0.15, 0.2) is 90.5 Å². The average Bonchev–Trinajstić information content (AvgIpc) is 3.43. The van der Waals surface area contributed by atoms with Crippen LogP contribution in [0.5, 0.6) is 34.5 Å². The van der Waals surface area contributed by atoms with Crippen LogP contribution >= 0.6 is 0 Å². The highest BCUT2D eigenvalue weighted by Crippen LogP contribution is 2.56. The molecule has 8 nitrogen and oxygen atoms in total. The van der Waals surface area contributed by atoms with Gasteiger partial charge in [-0.1, -0.05) is 66.2 Å². The number of rotatable bonds is 8. The van der Waals surface area contributed by atoms with Crippen LogP contribution in [0.4, 0.5) is 0 Å². The number of aromatic hydroxyl groups is 4. The zero-order valence-electron chi connectivity index (χ0n) is 22.9. The van der Waals surface area contributed by atoms with Gasteiger partial charge in [-0.05, 0) is 67.1 Å². The smallest absolute Gasteiger partial charge is 0.315 e. The van der Waals surface area contributed by atoms with Gasteiger partial charge in [-0.15, -0.1) is 0 Å². The fourth-order valence-corrected chi connectivity index (χ4v) is 4.99. The molecule has 0 bridgehead atoms. The Kier molecular flexibility index (Phi) is 8.15. The molecule has 8 heteroatoms. The predicted molar refractivity (Wildman–Crippen MR) is 156 cm³/mol. The van der Waals surface area contributed by atoms with Crippen LogP contribution in [-0.4, -0.2) is 32.4 Å². The van der Waals surface area contributed by atoms with Crippen molar-refractivity contribution in [2.24, 2.45) is 5.92 Å². The highest BCUT2D eigenvalue weighted by Gasteiger charge is 2.33. The zero-order chi connectivity index (χ0) is 29.8. The van der Waals surface area contributed by atoms with Crippen molar-refractivity contribution in [2.75, 3.05) is 0 Å². The van der Waals surface area contributed by atoms with E-state index >= 15 is 0 Å². The summed E-state index contributed by atoms with van der Waals surface area (Å²) in [4.78, 5) is 26.3. The van der Waals surface area contributed by atoms with Crippen LogP contribution in [0.1, 0.15) is 31.7 Å². The molecule has 5 rings (SSSR count).